The maximum absolute atomic E-state index is 12.4. The molecule has 704 valence electrons. The fourth-order valence-corrected chi connectivity index (χ4v) is 22.1. The molecule has 0 saturated carbocycles. The molecule has 0 saturated heterocycles. The van der Waals surface area contributed by atoms with Crippen molar-refractivity contribution in [2.24, 2.45) is 22.0 Å². The first-order chi connectivity index (χ1) is 63.3. The summed E-state index contributed by atoms with van der Waals surface area (Å²) in [7, 11) is 14.2. The third-order valence-electron chi connectivity index (χ3n) is 20.2. The number of aliphatic imine (C=N–C) groups is 3. The molecule has 36 heteroatoms. The lowest BCUT2D eigenvalue weighted by Gasteiger charge is -2.23. The number of hydrogen-bond acceptors (Lipinski definition) is 31. The molecule has 0 radical (unpaired) electrons. The normalized spacial score (nSPS) is 14.2. The molecule has 12 rings (SSSR count). The number of nitrogens with zero attached hydrogens (tertiary/aromatic N) is 12. The lowest BCUT2D eigenvalue weighted by Crippen LogP contribution is -2.28. The van der Waals surface area contributed by atoms with Crippen LogP contribution in [-0.2, 0) is 73.5 Å². The number of methoxy groups -OCH3 is 3. The number of amides is 3. The Labute approximate surface area is 796 Å². The zero-order valence-corrected chi connectivity index (χ0v) is 83.4. The number of aromatic nitrogens is 2. The third kappa shape index (κ3) is 34.6. The van der Waals surface area contributed by atoms with Crippen LogP contribution in [0.3, 0.4) is 0 Å². The van der Waals surface area contributed by atoms with Gasteiger partial charge in [0.1, 0.15) is 46.2 Å². The zero-order valence-electron chi connectivity index (χ0n) is 76.9. The van der Waals surface area contributed by atoms with Crippen LogP contribution < -0.4 is 29.1 Å². The second-order valence-corrected chi connectivity index (χ2v) is 38.7. The molecule has 0 fully saturated rings. The van der Waals surface area contributed by atoms with Gasteiger partial charge in [0.15, 0.2) is 0 Å². The molecule has 130 heavy (non-hydrogen) atoms. The molecule has 0 aliphatic carbocycles. The molecule has 11 heterocycles. The molecule has 1 aromatic carbocycles. The molecule has 3 aliphatic rings. The van der Waals surface area contributed by atoms with Crippen molar-refractivity contribution in [3.63, 3.8) is 0 Å². The Balaban J connectivity index is 0.000000200. The molecular formula is C94H125N13O15S8. The minimum absolute atomic E-state index is 0.0465. The van der Waals surface area contributed by atoms with E-state index in [2.05, 4.69) is 108 Å². The minimum atomic E-state index is -0.393. The third-order valence-corrected chi connectivity index (χ3v) is 29.4. The number of unbranched alkanes of at least 4 members (excludes halogenated alkanes) is 7. The molecule has 9 aromatic rings. The Morgan fingerprint density at radius 2 is 1.02 bits per heavy atom. The number of ether oxygens (including phenoxy) is 11. The number of carbonyl (C=O) groups is 3. The van der Waals surface area contributed by atoms with Crippen molar-refractivity contribution in [3.8, 4) is 23.3 Å². The number of rotatable bonds is 55. The Morgan fingerprint density at radius 1 is 0.554 bits per heavy atom. The van der Waals surface area contributed by atoms with E-state index < -0.39 is 5.91 Å². The van der Waals surface area contributed by atoms with E-state index in [-0.39, 0.29) is 23.3 Å². The Hall–Kier alpha value is -8.42. The number of fused-ring (bicyclic) bond motifs is 4. The van der Waals surface area contributed by atoms with Gasteiger partial charge in [-0.1, -0.05) is 101 Å². The van der Waals surface area contributed by atoms with Crippen molar-refractivity contribution in [2.75, 3.05) is 236 Å². The van der Waals surface area contributed by atoms with E-state index in [1.54, 1.807) is 124 Å². The summed E-state index contributed by atoms with van der Waals surface area (Å²) >= 11 is 13.5. The van der Waals surface area contributed by atoms with Crippen LogP contribution in [0, 0.1) is 17.9 Å². The highest BCUT2D eigenvalue weighted by atomic mass is 32.2. The molecular weight excluding hydrogens is 1810 g/mol. The molecule has 0 unspecified atom stereocenters. The fourth-order valence-electron chi connectivity index (χ4n) is 12.8. The van der Waals surface area contributed by atoms with Crippen LogP contribution in [-0.4, -0.2) is 280 Å². The largest absolute Gasteiger partial charge is 0.493 e. The van der Waals surface area contributed by atoms with Crippen LogP contribution >= 0.6 is 91.1 Å². The number of likely N-dealkylation sites (N-methyl/N-ethyl adjacent to an activating group) is 4. The monoisotopic (exact) mass is 1930 g/mol. The highest BCUT2D eigenvalue weighted by Crippen LogP contribution is 2.42. The number of hydrogen-bond donors (Lipinski definition) is 2. The Kier molecular flexibility index (Phi) is 47.4. The summed E-state index contributed by atoms with van der Waals surface area (Å²) in [6, 6.07) is 26.8. The number of carbonyl (C=O) groups excluding carboxylic acids is 3. The lowest BCUT2D eigenvalue weighted by atomic mass is 10.1. The number of imidazole rings is 1. The standard InChI is InChI=1S/C33H53N3O6S2.C24H35N3O6S2.C20H19N3OS2.C17H18N4O2S2/c1-5-6-7-8-9-10-11-12-13-36(14-15-39-18-19-41-22-23-42-21-20-40-17-16-38-4)32-26-31-30(44-32)25-28(43-31)24-29-33(37)35(3)27(2)34-29;1-18-25-20(24(28)27(18)3)15-19-16-21-22(34-19)17-23(35-21)26(2)5-6-30-9-10-32-13-14-33-12-11-31-8-7-29-4;1-3-9-21-18-12-17-16(26-18)11-14(25-17)10-15-20(24)23(2)19(22-15)13-7-5-4-6-8-13;1-19-4-6-21(2)16-10-15-14(25-16)9-13(24-15)8-12(11-18)17(22)20-5-7-23-3/h24-26H,5-23H2,1-4H3;15-17H,5-14H2,1-4H3;4-8,10-12,24H,3,9H2,1-2H3;8-10H,4-7H2,2-3H3,(H,20,22)/b29-24-;20-15-;;12-8+. The fraction of sp³-hybridized carbons (Fsp3) is 0.500. The predicted molar refractivity (Wildman–Crippen MR) is 539 cm³/mol. The first-order valence-electron chi connectivity index (χ1n) is 43.8. The number of benzene rings is 1. The smallest absolute Gasteiger partial charge is 0.277 e. The van der Waals surface area contributed by atoms with Crippen LogP contribution in [0.25, 0.3) is 74.8 Å². The predicted octanol–water partition coefficient (Wildman–Crippen LogP) is 16.6. The second-order valence-electron chi connectivity index (χ2n) is 30.0. The number of aromatic hydroxyl groups is 1. The van der Waals surface area contributed by atoms with Crippen molar-refractivity contribution < 1.29 is 71.6 Å². The van der Waals surface area contributed by atoms with Crippen molar-refractivity contribution in [2.45, 2.75) is 90.4 Å². The SMILES string of the molecule is CCCCCCCCCCN(CCOCCOCCOCCOCCOC)c1cc2sc(/C=C3\N=C(C)N(C)C3=O)cc2s1.CCCN=C1C=c2sc(=Cc3nc(-c4ccccc4)n(C)c3O)cc2S1.COCCOCCOCCOCCOCCN(C)c1cc2sc(/C=C3\N=C(C)N(C)C3=O)cc2s1.[C-]#[N+]CCN(C)c1cc2sc(/C=C(\C#N)C(=O)NCCOC)cc2s1. The van der Waals surface area contributed by atoms with Gasteiger partial charge in [-0.25, -0.2) is 21.5 Å². The van der Waals surface area contributed by atoms with Gasteiger partial charge in [-0.3, -0.25) is 33.7 Å². The van der Waals surface area contributed by atoms with Gasteiger partial charge in [-0.2, -0.15) is 5.26 Å². The second kappa shape index (κ2) is 58.6. The molecule has 0 bridgehead atoms. The number of anilines is 3. The summed E-state index contributed by atoms with van der Waals surface area (Å²) in [4.78, 5) is 72.0. The van der Waals surface area contributed by atoms with Crippen LogP contribution in [0.2, 0.25) is 0 Å². The summed E-state index contributed by atoms with van der Waals surface area (Å²) in [5.41, 5.74) is 2.66. The van der Waals surface area contributed by atoms with Gasteiger partial charge in [-0.05, 0) is 99.5 Å². The van der Waals surface area contributed by atoms with Gasteiger partial charge >= 0.3 is 0 Å². The summed E-state index contributed by atoms with van der Waals surface area (Å²) in [5, 5.41) is 27.0. The number of amidine groups is 2. The van der Waals surface area contributed by atoms with Crippen molar-refractivity contribution in [1.29, 1.82) is 5.26 Å². The van der Waals surface area contributed by atoms with E-state index in [0.717, 1.165) is 94.3 Å². The quantitative estimate of drug-likeness (QED) is 0.0155. The molecule has 2 N–H and O–H groups in total. The van der Waals surface area contributed by atoms with Crippen LogP contribution in [0.1, 0.15) is 106 Å². The van der Waals surface area contributed by atoms with E-state index in [1.807, 2.05) is 100.0 Å². The van der Waals surface area contributed by atoms with E-state index in [1.165, 1.54) is 101 Å². The first-order valence-corrected chi connectivity index (χ1v) is 50.4. The number of nitrogens with one attached hydrogen (secondary N) is 1. The van der Waals surface area contributed by atoms with Crippen LogP contribution in [0.4, 0.5) is 15.0 Å². The van der Waals surface area contributed by atoms with Gasteiger partial charge in [0, 0.05) is 152 Å². The van der Waals surface area contributed by atoms with Gasteiger partial charge in [0.25, 0.3) is 17.7 Å². The topological polar surface area (TPSA) is 284 Å². The molecule has 0 atom stereocenters. The molecule has 28 nitrogen and oxygen atoms in total. The Bertz CT molecular complexity index is 5320. The number of thioether (sulfide) groups is 1. The van der Waals surface area contributed by atoms with Crippen LogP contribution in [0.15, 0.2) is 110 Å². The van der Waals surface area contributed by atoms with Crippen molar-refractivity contribution >= 4 is 199 Å². The van der Waals surface area contributed by atoms with Crippen molar-refractivity contribution in [1.82, 2.24) is 24.7 Å². The molecule has 0 spiro atoms. The van der Waals surface area contributed by atoms with Gasteiger partial charge in [0.05, 0.1) is 152 Å². The minimum Gasteiger partial charge on any atom is -0.493 e. The number of nitriles is 1. The van der Waals surface area contributed by atoms with E-state index >= 15 is 0 Å². The summed E-state index contributed by atoms with van der Waals surface area (Å²) in [6.07, 6.45) is 21.0. The summed E-state index contributed by atoms with van der Waals surface area (Å²) in [5.74, 6) is 1.90. The maximum atomic E-state index is 12.4. The van der Waals surface area contributed by atoms with E-state index in [9.17, 15) is 24.8 Å². The molecule has 3 amide bonds. The molecule has 8 aromatic heterocycles. The lowest BCUT2D eigenvalue weighted by molar-refractivity contribution is -0.122. The average Bonchev–Trinajstić information content (AvgIpc) is 1.66. The average molecular weight is 1930 g/mol. The number of thiophene rings is 7. The highest BCUT2D eigenvalue weighted by Gasteiger charge is 2.27. The maximum Gasteiger partial charge on any atom is 0.277 e. The van der Waals surface area contributed by atoms with Crippen LogP contribution in [0.5, 0.6) is 5.88 Å². The van der Waals surface area contributed by atoms with Gasteiger partial charge in [0.2, 0.25) is 12.4 Å². The molecule has 3 aliphatic heterocycles. The highest BCUT2D eigenvalue weighted by molar-refractivity contribution is 8.15. The van der Waals surface area contributed by atoms with E-state index in [4.69, 9.17) is 58.7 Å². The van der Waals surface area contributed by atoms with Crippen molar-refractivity contribution in [3.05, 3.63) is 131 Å². The van der Waals surface area contributed by atoms with Gasteiger partial charge < -0.3 is 82.1 Å². The zero-order chi connectivity index (χ0) is 92.8. The van der Waals surface area contributed by atoms with Gasteiger partial charge in [-0.15, -0.1) is 79.4 Å². The van der Waals surface area contributed by atoms with E-state index in [0.29, 0.717) is 162 Å². The first kappa shape index (κ1) is 105. The summed E-state index contributed by atoms with van der Waals surface area (Å²) in [6.45, 7) is 30.8. The Morgan fingerprint density at radius 3 is 1.49 bits per heavy atom. The summed E-state index contributed by atoms with van der Waals surface area (Å²) < 4.78 is 70.3.